The SMILES string of the molecule is CC(=O)C(N)CC(c1cccc(C(F)(F)F)c1)c1cccc2ccccc12. The monoisotopic (exact) mass is 371 g/mol. The average Bonchev–Trinajstić information content (AvgIpc) is 2.65. The summed E-state index contributed by atoms with van der Waals surface area (Å²) in [6, 6.07) is 17.9. The van der Waals surface area contributed by atoms with Crippen molar-refractivity contribution in [1.82, 2.24) is 0 Å². The third-order valence-corrected chi connectivity index (χ3v) is 4.83. The molecule has 2 unspecified atom stereocenters. The molecule has 3 aromatic carbocycles. The topological polar surface area (TPSA) is 43.1 Å². The first-order valence-electron chi connectivity index (χ1n) is 8.68. The summed E-state index contributed by atoms with van der Waals surface area (Å²) >= 11 is 0. The van der Waals surface area contributed by atoms with Crippen molar-refractivity contribution in [2.24, 2.45) is 5.73 Å². The van der Waals surface area contributed by atoms with E-state index in [-0.39, 0.29) is 12.2 Å². The molecule has 0 fully saturated rings. The van der Waals surface area contributed by atoms with Crippen molar-refractivity contribution in [3.8, 4) is 0 Å². The Hall–Kier alpha value is -2.66. The van der Waals surface area contributed by atoms with Crippen LogP contribution in [0.3, 0.4) is 0 Å². The van der Waals surface area contributed by atoms with Crippen molar-refractivity contribution < 1.29 is 18.0 Å². The lowest BCUT2D eigenvalue weighted by Gasteiger charge is -2.23. The summed E-state index contributed by atoms with van der Waals surface area (Å²) in [5.74, 6) is -0.607. The Morgan fingerprint density at radius 3 is 2.37 bits per heavy atom. The van der Waals surface area contributed by atoms with Crippen molar-refractivity contribution in [2.75, 3.05) is 0 Å². The number of hydrogen-bond acceptors (Lipinski definition) is 2. The van der Waals surface area contributed by atoms with Gasteiger partial charge in [-0.2, -0.15) is 13.2 Å². The van der Waals surface area contributed by atoms with Crippen LogP contribution in [0.1, 0.15) is 36.0 Å². The quantitative estimate of drug-likeness (QED) is 0.662. The van der Waals surface area contributed by atoms with E-state index in [1.165, 1.54) is 13.0 Å². The Kier molecular flexibility index (Phi) is 5.33. The lowest BCUT2D eigenvalue weighted by molar-refractivity contribution is -0.137. The maximum Gasteiger partial charge on any atom is 0.416 e. The first kappa shape index (κ1) is 19.1. The minimum absolute atomic E-state index is 0.188. The van der Waals surface area contributed by atoms with Crippen LogP contribution in [0.4, 0.5) is 13.2 Å². The van der Waals surface area contributed by atoms with E-state index in [0.717, 1.165) is 28.5 Å². The molecule has 2 atom stereocenters. The summed E-state index contributed by atoms with van der Waals surface area (Å²) in [7, 11) is 0. The van der Waals surface area contributed by atoms with E-state index in [9.17, 15) is 18.0 Å². The van der Waals surface area contributed by atoms with Crippen LogP contribution in [0.5, 0.6) is 0 Å². The van der Waals surface area contributed by atoms with Gasteiger partial charge in [0.15, 0.2) is 0 Å². The van der Waals surface area contributed by atoms with Gasteiger partial charge < -0.3 is 5.73 Å². The van der Waals surface area contributed by atoms with Gasteiger partial charge in [-0.1, -0.05) is 60.7 Å². The van der Waals surface area contributed by atoms with Crippen molar-refractivity contribution >= 4 is 16.6 Å². The van der Waals surface area contributed by atoms with Crippen LogP contribution in [0.25, 0.3) is 10.8 Å². The molecule has 0 amide bonds. The molecule has 0 radical (unpaired) electrons. The molecule has 0 heterocycles. The van der Waals surface area contributed by atoms with E-state index in [1.807, 2.05) is 42.5 Å². The zero-order chi connectivity index (χ0) is 19.6. The molecule has 2 nitrogen and oxygen atoms in total. The van der Waals surface area contributed by atoms with Gasteiger partial charge in [0.1, 0.15) is 5.78 Å². The lowest BCUT2D eigenvalue weighted by Crippen LogP contribution is -2.30. The van der Waals surface area contributed by atoms with Crippen LogP contribution in [-0.2, 0) is 11.0 Å². The fourth-order valence-electron chi connectivity index (χ4n) is 3.35. The third kappa shape index (κ3) is 4.19. The molecule has 0 saturated carbocycles. The Morgan fingerprint density at radius 2 is 1.67 bits per heavy atom. The van der Waals surface area contributed by atoms with Crippen LogP contribution in [0.2, 0.25) is 0 Å². The minimum atomic E-state index is -4.43. The molecule has 140 valence electrons. The summed E-state index contributed by atoms with van der Waals surface area (Å²) < 4.78 is 39.6. The standard InChI is InChI=1S/C22H20F3NO/c1-14(27)21(26)13-20(16-8-4-9-17(12-16)22(23,24)25)19-11-5-7-15-6-2-3-10-18(15)19/h2-12,20-21H,13,26H2,1H3. The molecule has 0 saturated heterocycles. The molecule has 5 heteroatoms. The summed E-state index contributed by atoms with van der Waals surface area (Å²) in [6.07, 6.45) is -4.19. The number of carbonyl (C=O) groups is 1. The maximum absolute atomic E-state index is 13.2. The molecular formula is C22H20F3NO. The largest absolute Gasteiger partial charge is 0.416 e. The highest BCUT2D eigenvalue weighted by Gasteiger charge is 2.31. The second-order valence-corrected chi connectivity index (χ2v) is 6.70. The number of halogens is 3. The molecule has 0 aliphatic carbocycles. The number of benzene rings is 3. The molecule has 3 rings (SSSR count). The number of rotatable bonds is 5. The Bertz CT molecular complexity index is 960. The number of ketones is 1. The van der Waals surface area contributed by atoms with E-state index in [4.69, 9.17) is 5.73 Å². The van der Waals surface area contributed by atoms with Gasteiger partial charge >= 0.3 is 6.18 Å². The molecule has 2 N–H and O–H groups in total. The molecule has 0 spiro atoms. The zero-order valence-electron chi connectivity index (χ0n) is 14.8. The van der Waals surface area contributed by atoms with Gasteiger partial charge in [-0.15, -0.1) is 0 Å². The van der Waals surface area contributed by atoms with Crippen molar-refractivity contribution in [1.29, 1.82) is 0 Å². The first-order chi connectivity index (χ1) is 12.8. The smallest absolute Gasteiger partial charge is 0.321 e. The highest BCUT2D eigenvalue weighted by molar-refractivity contribution is 5.87. The van der Waals surface area contributed by atoms with E-state index in [1.54, 1.807) is 6.07 Å². The number of hydrogen-bond donors (Lipinski definition) is 1. The molecule has 0 aromatic heterocycles. The summed E-state index contributed by atoms with van der Waals surface area (Å²) in [6.45, 7) is 1.40. The van der Waals surface area contributed by atoms with E-state index in [0.29, 0.717) is 5.56 Å². The van der Waals surface area contributed by atoms with Crippen molar-refractivity contribution in [3.05, 3.63) is 83.4 Å². The number of nitrogens with two attached hydrogens (primary N) is 1. The molecular weight excluding hydrogens is 351 g/mol. The van der Waals surface area contributed by atoms with E-state index < -0.39 is 23.7 Å². The van der Waals surface area contributed by atoms with Crippen LogP contribution < -0.4 is 5.73 Å². The van der Waals surface area contributed by atoms with Gasteiger partial charge in [0.25, 0.3) is 0 Å². The molecule has 27 heavy (non-hydrogen) atoms. The van der Waals surface area contributed by atoms with Crippen LogP contribution in [0, 0.1) is 0 Å². The second kappa shape index (κ2) is 7.53. The highest BCUT2D eigenvalue weighted by atomic mass is 19.4. The van der Waals surface area contributed by atoms with Gasteiger partial charge in [-0.05, 0) is 41.3 Å². The van der Waals surface area contributed by atoms with Crippen molar-refractivity contribution in [3.63, 3.8) is 0 Å². The van der Waals surface area contributed by atoms with Crippen molar-refractivity contribution in [2.45, 2.75) is 31.5 Å². The van der Waals surface area contributed by atoms with Crippen LogP contribution in [0.15, 0.2) is 66.7 Å². The Morgan fingerprint density at radius 1 is 1.00 bits per heavy atom. The fraction of sp³-hybridized carbons (Fsp3) is 0.227. The molecule has 3 aromatic rings. The summed E-state index contributed by atoms with van der Waals surface area (Å²) in [4.78, 5) is 11.7. The van der Waals surface area contributed by atoms with Gasteiger partial charge in [-0.25, -0.2) is 0 Å². The Balaban J connectivity index is 2.16. The molecule has 0 bridgehead atoms. The van der Waals surface area contributed by atoms with Crippen LogP contribution >= 0.6 is 0 Å². The lowest BCUT2D eigenvalue weighted by atomic mass is 9.82. The number of Topliss-reactive ketones (excluding diaryl/α,β-unsaturated/α-hetero) is 1. The van der Waals surface area contributed by atoms with Gasteiger partial charge in [0.2, 0.25) is 0 Å². The predicted molar refractivity (Wildman–Crippen MR) is 101 cm³/mol. The highest BCUT2D eigenvalue weighted by Crippen LogP contribution is 2.37. The maximum atomic E-state index is 13.2. The van der Waals surface area contributed by atoms with E-state index in [2.05, 4.69) is 0 Å². The second-order valence-electron chi connectivity index (χ2n) is 6.70. The first-order valence-corrected chi connectivity index (χ1v) is 8.68. The third-order valence-electron chi connectivity index (χ3n) is 4.83. The normalized spacial score (nSPS) is 14.1. The van der Waals surface area contributed by atoms with Crippen LogP contribution in [-0.4, -0.2) is 11.8 Å². The van der Waals surface area contributed by atoms with Gasteiger partial charge in [0, 0.05) is 5.92 Å². The minimum Gasteiger partial charge on any atom is -0.321 e. The number of fused-ring (bicyclic) bond motifs is 1. The Labute approximate surface area is 155 Å². The molecule has 0 aliphatic heterocycles. The summed E-state index contributed by atoms with van der Waals surface area (Å²) in [5, 5.41) is 1.93. The summed E-state index contributed by atoms with van der Waals surface area (Å²) in [5.41, 5.74) is 6.64. The van der Waals surface area contributed by atoms with Gasteiger partial charge in [0.05, 0.1) is 11.6 Å². The van der Waals surface area contributed by atoms with Gasteiger partial charge in [-0.3, -0.25) is 4.79 Å². The van der Waals surface area contributed by atoms with E-state index >= 15 is 0 Å². The predicted octanol–water partition coefficient (Wildman–Crippen LogP) is 5.30. The average molecular weight is 371 g/mol. The number of alkyl halides is 3. The molecule has 0 aliphatic rings. The zero-order valence-corrected chi connectivity index (χ0v) is 14.8. The number of carbonyl (C=O) groups excluding carboxylic acids is 1. The fourth-order valence-corrected chi connectivity index (χ4v) is 3.35.